The number of fused-ring (bicyclic) bond motifs is 7. The van der Waals surface area contributed by atoms with Crippen LogP contribution < -0.4 is 26.2 Å². The number of aromatic nitrogens is 5. The van der Waals surface area contributed by atoms with Gasteiger partial charge in [-0.25, -0.2) is 19.9 Å². The summed E-state index contributed by atoms with van der Waals surface area (Å²) in [5, 5.41) is 2.31. The Morgan fingerprint density at radius 3 is 1.28 bits per heavy atom. The second-order valence-corrected chi connectivity index (χ2v) is 24.1. The first kappa shape index (κ1) is 54.4. The molecule has 0 spiro atoms. The summed E-state index contributed by atoms with van der Waals surface area (Å²) in [7, 11) is 0. The van der Waals surface area contributed by atoms with Crippen molar-refractivity contribution in [2.24, 2.45) is 0 Å². The normalized spacial score (nSPS) is 12.2. The van der Waals surface area contributed by atoms with Crippen LogP contribution in [0.4, 0.5) is 34.1 Å². The molecule has 2 aliphatic rings. The fraction of sp³-hybridized carbons (Fsp3) is 0. The third kappa shape index (κ3) is 9.38. The zero-order chi connectivity index (χ0) is 62.1. The number of rotatable bonds is 11. The first-order chi connectivity index (χ1) is 46.6. The minimum Gasteiger partial charge on any atom is -0.311 e. The van der Waals surface area contributed by atoms with Crippen molar-refractivity contribution in [1.82, 2.24) is 24.5 Å². The molecule has 13 aromatic carbocycles. The van der Waals surface area contributed by atoms with Crippen molar-refractivity contribution in [1.29, 1.82) is 0 Å². The van der Waals surface area contributed by atoms with Gasteiger partial charge in [-0.05, 0) is 136 Å². The van der Waals surface area contributed by atoms with Gasteiger partial charge in [0.1, 0.15) is 0 Å². The minimum absolute atomic E-state index is 0.0686. The molecule has 0 saturated heterocycles. The van der Waals surface area contributed by atoms with Gasteiger partial charge in [-0.2, -0.15) is 0 Å². The van der Waals surface area contributed by atoms with Crippen LogP contribution in [0, 0.1) is 0 Å². The molecule has 0 saturated carbocycles. The third-order valence-corrected chi connectivity index (χ3v) is 18.6. The summed E-state index contributed by atoms with van der Waals surface area (Å²) >= 11 is 0. The number of para-hydroxylation sites is 4. The Morgan fingerprint density at radius 2 is 0.649 bits per heavy atom. The molecule has 438 valence electrons. The maximum Gasteiger partial charge on any atom is 0.252 e. The second-order valence-electron chi connectivity index (χ2n) is 24.1. The Hall–Kier alpha value is -12.5. The van der Waals surface area contributed by atoms with Crippen molar-refractivity contribution in [2.45, 2.75) is 0 Å². The fourth-order valence-corrected chi connectivity index (χ4v) is 14.3. The van der Waals surface area contributed by atoms with Crippen LogP contribution in [0.5, 0.6) is 0 Å². The quantitative estimate of drug-likeness (QED) is 0.120. The molecule has 0 N–H and O–H groups in total. The number of nitrogens with zero attached hydrogens (tertiary/aromatic N) is 7. The standard InChI is InChI=1S/C86H56BN7/c1-6-24-57(25-7-1)63-46-50-78-69(53-63)68-36-16-19-39-77(68)94(78)79-51-47-65(76-55-73(59-26-8-2-9-27-59)88-85(89-76)61-30-12-4-13-31-61)54-70(79)86-90-74(60-28-10-3-11-29-60)56-75(91-86)64-33-22-32-62(52-64)58-44-48-67(49-45-58)93-81-41-21-18-38-72(81)87-71-37-17-20-40-80(71)92(66-34-14-5-15-35-66)82-42-23-43-83(93)84(82)87/h1-56H. The van der Waals surface area contributed by atoms with Crippen molar-refractivity contribution in [2.75, 3.05) is 9.80 Å². The number of benzene rings is 13. The highest BCUT2D eigenvalue weighted by Crippen LogP contribution is 2.46. The average Bonchev–Trinajstić information content (AvgIpc) is 0.738. The average molecular weight is 1200 g/mol. The summed E-state index contributed by atoms with van der Waals surface area (Å²) in [5.41, 5.74) is 27.3. The molecule has 7 nitrogen and oxygen atoms in total. The Morgan fingerprint density at radius 1 is 0.234 bits per heavy atom. The van der Waals surface area contributed by atoms with Gasteiger partial charge < -0.3 is 14.4 Å². The van der Waals surface area contributed by atoms with Crippen molar-refractivity contribution >= 4 is 79.0 Å². The van der Waals surface area contributed by atoms with E-state index < -0.39 is 0 Å². The maximum absolute atomic E-state index is 5.70. The van der Waals surface area contributed by atoms with Crippen molar-refractivity contribution in [3.8, 4) is 95.7 Å². The predicted octanol–water partition coefficient (Wildman–Crippen LogP) is 19.8. The number of hydrogen-bond acceptors (Lipinski definition) is 6. The summed E-state index contributed by atoms with van der Waals surface area (Å²) in [4.78, 5) is 26.7. The van der Waals surface area contributed by atoms with E-state index in [0.29, 0.717) is 11.6 Å². The molecule has 5 heterocycles. The molecule has 18 rings (SSSR count). The highest BCUT2D eigenvalue weighted by Gasteiger charge is 2.43. The van der Waals surface area contributed by atoms with E-state index in [1.807, 2.05) is 24.3 Å². The molecule has 8 heteroatoms. The molecule has 2 aliphatic heterocycles. The lowest BCUT2D eigenvalue weighted by atomic mass is 9.33. The summed E-state index contributed by atoms with van der Waals surface area (Å²) in [5.74, 6) is 1.23. The molecule has 94 heavy (non-hydrogen) atoms. The summed E-state index contributed by atoms with van der Waals surface area (Å²) in [6, 6.07) is 121. The van der Waals surface area contributed by atoms with Crippen LogP contribution in [0.2, 0.25) is 0 Å². The lowest BCUT2D eigenvalue weighted by Gasteiger charge is -2.44. The highest BCUT2D eigenvalue weighted by molar-refractivity contribution is 7.00. The zero-order valence-corrected chi connectivity index (χ0v) is 51.0. The van der Waals surface area contributed by atoms with Gasteiger partial charge in [-0.15, -0.1) is 0 Å². The Balaban J connectivity index is 0.787. The van der Waals surface area contributed by atoms with Gasteiger partial charge >= 0.3 is 0 Å². The van der Waals surface area contributed by atoms with Crippen molar-refractivity contribution < 1.29 is 0 Å². The topological polar surface area (TPSA) is 63.0 Å². The van der Waals surface area contributed by atoms with E-state index in [0.717, 1.165) is 112 Å². The first-order valence-corrected chi connectivity index (χ1v) is 32.0. The monoisotopic (exact) mass is 1200 g/mol. The molecule has 16 aromatic rings. The summed E-state index contributed by atoms with van der Waals surface area (Å²) < 4.78 is 2.39. The van der Waals surface area contributed by atoms with E-state index >= 15 is 0 Å². The van der Waals surface area contributed by atoms with E-state index in [4.69, 9.17) is 19.9 Å². The molecule has 0 atom stereocenters. The van der Waals surface area contributed by atoms with Crippen LogP contribution in [-0.2, 0) is 0 Å². The van der Waals surface area contributed by atoms with Gasteiger partial charge in [-0.3, -0.25) is 0 Å². The molecule has 0 radical (unpaired) electrons. The van der Waals surface area contributed by atoms with Crippen LogP contribution in [0.3, 0.4) is 0 Å². The van der Waals surface area contributed by atoms with E-state index in [9.17, 15) is 0 Å². The molecular formula is C86H56BN7. The van der Waals surface area contributed by atoms with E-state index in [2.05, 4.69) is 330 Å². The van der Waals surface area contributed by atoms with Gasteiger partial charge in [-0.1, -0.05) is 243 Å². The van der Waals surface area contributed by atoms with E-state index in [1.165, 1.54) is 44.7 Å². The molecule has 3 aromatic heterocycles. The van der Waals surface area contributed by atoms with Gasteiger partial charge in [0, 0.05) is 78.3 Å². The van der Waals surface area contributed by atoms with Gasteiger partial charge in [0.05, 0.1) is 39.5 Å². The lowest BCUT2D eigenvalue weighted by Crippen LogP contribution is -2.61. The molecular weight excluding hydrogens is 1140 g/mol. The summed E-state index contributed by atoms with van der Waals surface area (Å²) in [6.45, 7) is 0.0686. The van der Waals surface area contributed by atoms with Crippen LogP contribution in [0.1, 0.15) is 0 Å². The van der Waals surface area contributed by atoms with Crippen LogP contribution in [0.25, 0.3) is 118 Å². The second kappa shape index (κ2) is 22.8. The summed E-state index contributed by atoms with van der Waals surface area (Å²) in [6.07, 6.45) is 0. The van der Waals surface area contributed by atoms with Crippen LogP contribution >= 0.6 is 0 Å². The van der Waals surface area contributed by atoms with Crippen LogP contribution in [-0.4, -0.2) is 31.2 Å². The number of hydrogen-bond donors (Lipinski definition) is 0. The number of anilines is 6. The molecule has 0 amide bonds. The predicted molar refractivity (Wildman–Crippen MR) is 389 cm³/mol. The molecule has 0 fully saturated rings. The van der Waals surface area contributed by atoms with Crippen LogP contribution in [0.15, 0.2) is 340 Å². The Bertz CT molecular complexity index is 5510. The smallest absolute Gasteiger partial charge is 0.252 e. The largest absolute Gasteiger partial charge is 0.311 e. The Kier molecular flexibility index (Phi) is 13.2. The third-order valence-electron chi connectivity index (χ3n) is 18.6. The molecule has 0 unspecified atom stereocenters. The highest BCUT2D eigenvalue weighted by atomic mass is 15.2. The van der Waals surface area contributed by atoms with Gasteiger partial charge in [0.25, 0.3) is 6.71 Å². The lowest BCUT2D eigenvalue weighted by molar-refractivity contribution is 1.13. The van der Waals surface area contributed by atoms with Crippen molar-refractivity contribution in [3.63, 3.8) is 0 Å². The Labute approximate surface area is 545 Å². The maximum atomic E-state index is 5.70. The van der Waals surface area contributed by atoms with E-state index in [-0.39, 0.29) is 6.71 Å². The fourth-order valence-electron chi connectivity index (χ4n) is 14.3. The van der Waals surface area contributed by atoms with E-state index in [1.54, 1.807) is 0 Å². The van der Waals surface area contributed by atoms with Gasteiger partial charge in [0.2, 0.25) is 0 Å². The minimum atomic E-state index is 0.0686. The van der Waals surface area contributed by atoms with Gasteiger partial charge in [0.15, 0.2) is 11.6 Å². The van der Waals surface area contributed by atoms with Crippen molar-refractivity contribution in [3.05, 3.63) is 340 Å². The molecule has 0 aliphatic carbocycles. The molecule has 0 bridgehead atoms. The zero-order valence-electron chi connectivity index (χ0n) is 51.0. The SMILES string of the molecule is c1ccc(-c2ccc3c(c2)c2ccccc2n3-c2ccc(-c3cc(-c4ccccc4)nc(-c4ccccc4)n3)cc2-c2nc(-c3ccccc3)cc(-c3cccc(-c4ccc(N5c6ccccc6B6c7ccccc7N(c7ccccc7)c7cccc5c76)cc4)c3)n2)cc1. The first-order valence-electron chi connectivity index (χ1n) is 32.0.